The molecule has 1 nitrogen and oxygen atoms in total. The van der Waals surface area contributed by atoms with Crippen molar-refractivity contribution in [2.24, 2.45) is 5.73 Å². The quantitative estimate of drug-likeness (QED) is 0.406. The highest BCUT2D eigenvalue weighted by Crippen LogP contribution is 2.37. The fraction of sp³-hybridized carbons (Fsp3) is 0.0667. The van der Waals surface area contributed by atoms with Gasteiger partial charge in [-0.1, -0.05) is 28.1 Å². The Bertz CT molecular complexity index is 785. The van der Waals surface area contributed by atoms with Crippen LogP contribution in [0, 0.1) is 3.57 Å². The van der Waals surface area contributed by atoms with E-state index >= 15 is 0 Å². The summed E-state index contributed by atoms with van der Waals surface area (Å²) in [4.78, 5) is 0. The molecule has 1 atom stereocenters. The number of nitrogens with two attached hydrogens (primary N) is 1. The molecule has 102 valence electrons. The van der Waals surface area contributed by atoms with Crippen LogP contribution < -0.4 is 5.73 Å². The average molecular weight is 523 g/mol. The zero-order valence-electron chi connectivity index (χ0n) is 10.2. The minimum Gasteiger partial charge on any atom is -0.320 e. The van der Waals surface area contributed by atoms with Gasteiger partial charge in [0.1, 0.15) is 0 Å². The maximum atomic E-state index is 6.51. The summed E-state index contributed by atoms with van der Waals surface area (Å²) >= 11 is 11.2. The first kappa shape index (κ1) is 15.0. The molecule has 0 aliphatic heterocycles. The summed E-state index contributed by atoms with van der Waals surface area (Å²) in [6.45, 7) is 0. The van der Waals surface area contributed by atoms with E-state index in [2.05, 4.69) is 90.2 Å². The summed E-state index contributed by atoms with van der Waals surface area (Å²) in [6.07, 6.45) is 0. The molecule has 0 bridgehead atoms. The van der Waals surface area contributed by atoms with E-state index in [1.54, 1.807) is 11.3 Å². The Labute approximate surface area is 152 Å². The van der Waals surface area contributed by atoms with Crippen LogP contribution in [0.1, 0.15) is 17.2 Å². The molecule has 0 fully saturated rings. The van der Waals surface area contributed by atoms with Gasteiger partial charge in [-0.15, -0.1) is 11.3 Å². The summed E-state index contributed by atoms with van der Waals surface area (Å²) in [5.74, 6) is 0. The Kier molecular flexibility index (Phi) is 4.52. The SMILES string of the molecule is NC(c1cc(Br)ccc1I)c1csc2c(Br)cccc12. The topological polar surface area (TPSA) is 26.0 Å². The van der Waals surface area contributed by atoms with Crippen LogP contribution in [0.2, 0.25) is 0 Å². The zero-order chi connectivity index (χ0) is 14.3. The molecule has 3 aromatic rings. The number of thiophene rings is 1. The standard InChI is InChI=1S/C15H10Br2INS/c16-8-4-5-13(18)10(6-8)14(19)11-7-20-15-9(11)2-1-3-12(15)17/h1-7,14H,19H2. The van der Waals surface area contributed by atoms with Crippen molar-refractivity contribution in [3.8, 4) is 0 Å². The first-order valence-corrected chi connectivity index (χ1v) is 9.48. The average Bonchev–Trinajstić information content (AvgIpc) is 2.86. The molecule has 3 rings (SSSR count). The van der Waals surface area contributed by atoms with Crippen LogP contribution in [-0.4, -0.2) is 0 Å². The lowest BCUT2D eigenvalue weighted by Gasteiger charge is -2.14. The van der Waals surface area contributed by atoms with Gasteiger partial charge in [0.05, 0.1) is 6.04 Å². The third kappa shape index (κ3) is 2.70. The van der Waals surface area contributed by atoms with Gasteiger partial charge in [0.25, 0.3) is 0 Å². The van der Waals surface area contributed by atoms with Gasteiger partial charge in [0.15, 0.2) is 0 Å². The second-order valence-corrected chi connectivity index (χ2v) is 8.26. The first-order chi connectivity index (χ1) is 9.58. The fourth-order valence-electron chi connectivity index (χ4n) is 2.20. The van der Waals surface area contributed by atoms with Crippen molar-refractivity contribution in [1.82, 2.24) is 0 Å². The van der Waals surface area contributed by atoms with Crippen molar-refractivity contribution in [2.45, 2.75) is 6.04 Å². The van der Waals surface area contributed by atoms with Crippen LogP contribution in [0.15, 0.2) is 50.7 Å². The molecule has 0 amide bonds. The van der Waals surface area contributed by atoms with Crippen LogP contribution in [0.25, 0.3) is 10.1 Å². The zero-order valence-corrected chi connectivity index (χ0v) is 16.4. The third-order valence-corrected chi connectivity index (χ3v) is 6.66. The summed E-state index contributed by atoms with van der Waals surface area (Å²) in [5, 5.41) is 3.39. The normalized spacial score (nSPS) is 12.8. The molecule has 1 unspecified atom stereocenters. The Morgan fingerprint density at radius 3 is 2.70 bits per heavy atom. The fourth-order valence-corrected chi connectivity index (χ4v) is 4.91. The molecule has 0 saturated heterocycles. The molecular formula is C15H10Br2INS. The molecule has 0 spiro atoms. The van der Waals surface area contributed by atoms with Gasteiger partial charge >= 0.3 is 0 Å². The Morgan fingerprint density at radius 2 is 1.90 bits per heavy atom. The van der Waals surface area contributed by atoms with Crippen molar-refractivity contribution in [2.75, 3.05) is 0 Å². The van der Waals surface area contributed by atoms with E-state index in [9.17, 15) is 0 Å². The molecule has 0 radical (unpaired) electrons. The van der Waals surface area contributed by atoms with Crippen molar-refractivity contribution in [1.29, 1.82) is 0 Å². The minimum absolute atomic E-state index is 0.109. The van der Waals surface area contributed by atoms with Crippen molar-refractivity contribution >= 4 is 75.9 Å². The summed E-state index contributed by atoms with van der Waals surface area (Å²) in [5.41, 5.74) is 8.85. The molecule has 1 aromatic heterocycles. The first-order valence-electron chi connectivity index (χ1n) is 5.94. The second kappa shape index (κ2) is 6.04. The lowest BCUT2D eigenvalue weighted by Crippen LogP contribution is -2.12. The molecule has 0 saturated carbocycles. The highest BCUT2D eigenvalue weighted by molar-refractivity contribution is 14.1. The predicted octanol–water partition coefficient (Wildman–Crippen LogP) is 6.08. The maximum Gasteiger partial charge on any atom is 0.0576 e. The Balaban J connectivity index is 2.15. The predicted molar refractivity (Wildman–Crippen MR) is 102 cm³/mol. The number of benzene rings is 2. The second-order valence-electron chi connectivity index (χ2n) is 4.45. The van der Waals surface area contributed by atoms with Crippen LogP contribution in [0.3, 0.4) is 0 Å². The van der Waals surface area contributed by atoms with E-state index in [0.29, 0.717) is 0 Å². The van der Waals surface area contributed by atoms with Crippen LogP contribution in [0.5, 0.6) is 0 Å². The summed E-state index contributed by atoms with van der Waals surface area (Å²) < 4.78 is 4.63. The van der Waals surface area contributed by atoms with E-state index in [0.717, 1.165) is 14.5 Å². The highest BCUT2D eigenvalue weighted by Gasteiger charge is 2.17. The van der Waals surface area contributed by atoms with E-state index in [4.69, 9.17) is 5.73 Å². The third-order valence-electron chi connectivity index (χ3n) is 3.21. The Morgan fingerprint density at radius 1 is 1.10 bits per heavy atom. The molecule has 0 aliphatic carbocycles. The van der Waals surface area contributed by atoms with Crippen molar-refractivity contribution in [3.63, 3.8) is 0 Å². The monoisotopic (exact) mass is 521 g/mol. The van der Waals surface area contributed by atoms with Crippen molar-refractivity contribution in [3.05, 3.63) is 65.4 Å². The number of fused-ring (bicyclic) bond motifs is 1. The lowest BCUT2D eigenvalue weighted by molar-refractivity contribution is 0.877. The number of hydrogen-bond donors (Lipinski definition) is 1. The van der Waals surface area contributed by atoms with E-state index in [1.165, 1.54) is 19.2 Å². The highest BCUT2D eigenvalue weighted by atomic mass is 127. The van der Waals surface area contributed by atoms with E-state index in [-0.39, 0.29) is 6.04 Å². The summed E-state index contributed by atoms with van der Waals surface area (Å²) in [6, 6.07) is 12.4. The maximum absolute atomic E-state index is 6.51. The largest absolute Gasteiger partial charge is 0.320 e. The number of hydrogen-bond acceptors (Lipinski definition) is 2. The minimum atomic E-state index is -0.109. The van der Waals surface area contributed by atoms with Gasteiger partial charge in [0.2, 0.25) is 0 Å². The van der Waals surface area contributed by atoms with E-state index in [1.807, 2.05) is 6.07 Å². The van der Waals surface area contributed by atoms with Crippen LogP contribution >= 0.6 is 65.8 Å². The number of halogens is 3. The number of rotatable bonds is 2. The summed E-state index contributed by atoms with van der Waals surface area (Å²) in [7, 11) is 0. The molecule has 2 aromatic carbocycles. The van der Waals surface area contributed by atoms with Crippen LogP contribution in [0.4, 0.5) is 0 Å². The molecule has 2 N–H and O–H groups in total. The molecule has 20 heavy (non-hydrogen) atoms. The lowest BCUT2D eigenvalue weighted by atomic mass is 9.99. The molecule has 0 aliphatic rings. The molecule has 1 heterocycles. The van der Waals surface area contributed by atoms with Gasteiger partial charge in [0, 0.05) is 17.2 Å². The van der Waals surface area contributed by atoms with Crippen molar-refractivity contribution < 1.29 is 0 Å². The van der Waals surface area contributed by atoms with Gasteiger partial charge in [-0.2, -0.15) is 0 Å². The van der Waals surface area contributed by atoms with Gasteiger partial charge in [-0.25, -0.2) is 0 Å². The van der Waals surface area contributed by atoms with Gasteiger partial charge in [-0.3, -0.25) is 0 Å². The van der Waals surface area contributed by atoms with Gasteiger partial charge < -0.3 is 5.73 Å². The Hall–Kier alpha value is 0.0500. The van der Waals surface area contributed by atoms with Crippen LogP contribution in [-0.2, 0) is 0 Å². The van der Waals surface area contributed by atoms with E-state index < -0.39 is 0 Å². The molecule has 5 heteroatoms. The van der Waals surface area contributed by atoms with Gasteiger partial charge in [-0.05, 0) is 84.7 Å². The molecular weight excluding hydrogens is 513 g/mol. The smallest absolute Gasteiger partial charge is 0.0576 e.